The molecule has 33 heavy (non-hydrogen) atoms. The van der Waals surface area contributed by atoms with Crippen molar-refractivity contribution in [2.75, 3.05) is 13.1 Å². The third-order valence-corrected chi connectivity index (χ3v) is 7.71. The van der Waals surface area contributed by atoms with Crippen molar-refractivity contribution in [1.82, 2.24) is 9.80 Å². The molecule has 2 heterocycles. The van der Waals surface area contributed by atoms with E-state index in [0.717, 1.165) is 18.4 Å². The number of thiophene rings is 1. The second kappa shape index (κ2) is 10.4. The first-order valence-electron chi connectivity index (χ1n) is 12.3. The Morgan fingerprint density at radius 3 is 2.36 bits per heavy atom. The summed E-state index contributed by atoms with van der Waals surface area (Å²) < 4.78 is 0. The monoisotopic (exact) mass is 468 g/mol. The summed E-state index contributed by atoms with van der Waals surface area (Å²) in [5.74, 6) is 0.387. The van der Waals surface area contributed by atoms with Gasteiger partial charge in [-0.3, -0.25) is 9.59 Å². The maximum Gasteiger partial charge on any atom is 0.243 e. The zero-order valence-electron chi connectivity index (χ0n) is 21.4. The number of hydrogen-bond acceptors (Lipinski definition) is 3. The second-order valence-corrected chi connectivity index (χ2v) is 11.8. The van der Waals surface area contributed by atoms with Gasteiger partial charge in [0.2, 0.25) is 11.8 Å². The van der Waals surface area contributed by atoms with Gasteiger partial charge in [0, 0.05) is 23.9 Å². The molecule has 2 aromatic rings. The lowest BCUT2D eigenvalue weighted by Gasteiger charge is -2.38. The Kier molecular flexibility index (Phi) is 8.04. The molecule has 1 aromatic heterocycles. The number of amides is 2. The number of rotatable bonds is 7. The number of nitrogens with zero attached hydrogens (tertiary/aromatic N) is 2. The molecule has 1 aromatic carbocycles. The predicted molar refractivity (Wildman–Crippen MR) is 138 cm³/mol. The van der Waals surface area contributed by atoms with E-state index in [1.807, 2.05) is 11.8 Å². The van der Waals surface area contributed by atoms with E-state index in [9.17, 15) is 9.59 Å². The highest BCUT2D eigenvalue weighted by atomic mass is 32.1. The molecule has 0 aliphatic carbocycles. The van der Waals surface area contributed by atoms with E-state index < -0.39 is 0 Å². The zero-order chi connectivity index (χ0) is 24.3. The van der Waals surface area contributed by atoms with Crippen molar-refractivity contribution in [3.63, 3.8) is 0 Å². The van der Waals surface area contributed by atoms with E-state index in [0.29, 0.717) is 13.0 Å². The predicted octanol–water partition coefficient (Wildman–Crippen LogP) is 6.19. The second-order valence-electron chi connectivity index (χ2n) is 10.8. The Morgan fingerprint density at radius 2 is 1.79 bits per heavy atom. The summed E-state index contributed by atoms with van der Waals surface area (Å²) in [7, 11) is 0. The van der Waals surface area contributed by atoms with Crippen LogP contribution in [0.25, 0.3) is 0 Å². The Labute approximate surface area is 204 Å². The van der Waals surface area contributed by atoms with Crippen LogP contribution in [0.5, 0.6) is 0 Å². The van der Waals surface area contributed by atoms with Crippen LogP contribution in [0.15, 0.2) is 35.7 Å². The molecule has 180 valence electrons. The quantitative estimate of drug-likeness (QED) is 0.486. The van der Waals surface area contributed by atoms with Crippen LogP contribution in [-0.4, -0.2) is 40.7 Å². The Bertz CT molecular complexity index is 955. The maximum atomic E-state index is 13.7. The topological polar surface area (TPSA) is 40.6 Å². The zero-order valence-corrected chi connectivity index (χ0v) is 22.2. The fourth-order valence-electron chi connectivity index (χ4n) is 4.52. The molecule has 2 unspecified atom stereocenters. The van der Waals surface area contributed by atoms with Crippen molar-refractivity contribution in [1.29, 1.82) is 0 Å². The normalized spacial score (nSPS) is 17.1. The van der Waals surface area contributed by atoms with Gasteiger partial charge >= 0.3 is 0 Å². The van der Waals surface area contributed by atoms with Crippen molar-refractivity contribution in [2.45, 2.75) is 85.2 Å². The van der Waals surface area contributed by atoms with Crippen LogP contribution < -0.4 is 0 Å². The van der Waals surface area contributed by atoms with Gasteiger partial charge in [-0.1, -0.05) is 65.8 Å². The smallest absolute Gasteiger partial charge is 0.243 e. The lowest BCUT2D eigenvalue weighted by atomic mass is 9.85. The molecule has 0 N–H and O–H groups in total. The van der Waals surface area contributed by atoms with Crippen LogP contribution in [0.3, 0.4) is 0 Å². The van der Waals surface area contributed by atoms with Crippen LogP contribution >= 0.6 is 11.3 Å². The van der Waals surface area contributed by atoms with Crippen molar-refractivity contribution in [3.8, 4) is 0 Å². The molecule has 0 spiro atoms. The molecule has 1 aliphatic heterocycles. The lowest BCUT2D eigenvalue weighted by molar-refractivity contribution is -0.144. The molecule has 0 fully saturated rings. The van der Waals surface area contributed by atoms with Gasteiger partial charge < -0.3 is 9.80 Å². The third-order valence-electron chi connectivity index (χ3n) is 6.71. The van der Waals surface area contributed by atoms with E-state index in [2.05, 4.69) is 77.3 Å². The van der Waals surface area contributed by atoms with Gasteiger partial charge in [0.05, 0.1) is 6.04 Å². The lowest BCUT2D eigenvalue weighted by Crippen LogP contribution is -2.49. The number of carbonyl (C=O) groups is 2. The van der Waals surface area contributed by atoms with Gasteiger partial charge in [-0.25, -0.2) is 0 Å². The van der Waals surface area contributed by atoms with Crippen LogP contribution in [0.4, 0.5) is 0 Å². The fourth-order valence-corrected chi connectivity index (χ4v) is 5.43. The van der Waals surface area contributed by atoms with Gasteiger partial charge in [-0.2, -0.15) is 0 Å². The summed E-state index contributed by atoms with van der Waals surface area (Å²) in [6, 6.07) is 10.8. The molecule has 2 atom stereocenters. The van der Waals surface area contributed by atoms with E-state index in [4.69, 9.17) is 0 Å². The standard InChI is InChI=1S/C28H40N2O2S/c1-8-20(4)30(25(31)17-19(2)3)18-26(32)29-15-13-24-23(14-16-33-24)27(29)21-9-11-22(12-10-21)28(5,6)7/h9-12,14,16,19-20,27H,8,13,15,17-18H2,1-7H3. The molecule has 0 saturated carbocycles. The number of carbonyl (C=O) groups excluding carboxylic acids is 2. The summed E-state index contributed by atoms with van der Waals surface area (Å²) in [5, 5.41) is 2.13. The highest BCUT2D eigenvalue weighted by Crippen LogP contribution is 2.38. The van der Waals surface area contributed by atoms with Crippen LogP contribution in [0.1, 0.15) is 88.9 Å². The van der Waals surface area contributed by atoms with Crippen molar-refractivity contribution < 1.29 is 9.59 Å². The van der Waals surface area contributed by atoms with E-state index in [-0.39, 0.29) is 41.8 Å². The summed E-state index contributed by atoms with van der Waals surface area (Å²) in [4.78, 5) is 31.8. The minimum Gasteiger partial charge on any atom is -0.331 e. The van der Waals surface area contributed by atoms with E-state index in [1.165, 1.54) is 16.0 Å². The van der Waals surface area contributed by atoms with E-state index in [1.54, 1.807) is 16.2 Å². The van der Waals surface area contributed by atoms with Gasteiger partial charge in [0.1, 0.15) is 6.54 Å². The Balaban J connectivity index is 1.91. The molecule has 3 rings (SSSR count). The minimum absolute atomic E-state index is 0.0363. The van der Waals surface area contributed by atoms with Crippen molar-refractivity contribution in [2.24, 2.45) is 5.92 Å². The fraction of sp³-hybridized carbons (Fsp3) is 0.571. The number of fused-ring (bicyclic) bond motifs is 1. The summed E-state index contributed by atoms with van der Waals surface area (Å²) in [6.07, 6.45) is 2.19. The van der Waals surface area contributed by atoms with Crippen LogP contribution in [0.2, 0.25) is 0 Å². The first-order valence-corrected chi connectivity index (χ1v) is 13.2. The first-order chi connectivity index (χ1) is 15.5. The first kappa shape index (κ1) is 25.5. The van der Waals surface area contributed by atoms with Gasteiger partial charge in [0.15, 0.2) is 0 Å². The SMILES string of the molecule is CCC(C)N(CC(=O)N1CCc2sccc2C1c1ccc(C(C)(C)C)cc1)C(=O)CC(C)C. The highest BCUT2D eigenvalue weighted by molar-refractivity contribution is 7.10. The van der Waals surface area contributed by atoms with Crippen LogP contribution in [0, 0.1) is 5.92 Å². The average molecular weight is 469 g/mol. The van der Waals surface area contributed by atoms with Crippen molar-refractivity contribution >= 4 is 23.2 Å². The molecule has 0 bridgehead atoms. The summed E-state index contributed by atoms with van der Waals surface area (Å²) >= 11 is 1.78. The molecule has 0 saturated heterocycles. The Morgan fingerprint density at radius 1 is 1.12 bits per heavy atom. The molecular formula is C28H40N2O2S. The molecule has 0 radical (unpaired) electrons. The Hall–Kier alpha value is -2.14. The van der Waals surface area contributed by atoms with Crippen molar-refractivity contribution in [3.05, 3.63) is 57.3 Å². The number of hydrogen-bond donors (Lipinski definition) is 0. The van der Waals surface area contributed by atoms with E-state index >= 15 is 0 Å². The average Bonchev–Trinajstić information content (AvgIpc) is 3.24. The molecule has 2 amide bonds. The summed E-state index contributed by atoms with van der Waals surface area (Å²) in [5.41, 5.74) is 3.74. The maximum absolute atomic E-state index is 13.7. The summed E-state index contributed by atoms with van der Waals surface area (Å²) in [6.45, 7) is 15.7. The van der Waals surface area contributed by atoms with Gasteiger partial charge in [0.25, 0.3) is 0 Å². The molecule has 4 nitrogen and oxygen atoms in total. The highest BCUT2D eigenvalue weighted by Gasteiger charge is 2.34. The van der Waals surface area contributed by atoms with Gasteiger partial charge in [-0.15, -0.1) is 11.3 Å². The molecule has 5 heteroatoms. The number of benzene rings is 1. The molecular weight excluding hydrogens is 428 g/mol. The van der Waals surface area contributed by atoms with Gasteiger partial charge in [-0.05, 0) is 59.2 Å². The third kappa shape index (κ3) is 5.87. The van der Waals surface area contributed by atoms with Crippen LogP contribution in [-0.2, 0) is 21.4 Å². The minimum atomic E-state index is -0.0968. The molecule has 1 aliphatic rings. The largest absolute Gasteiger partial charge is 0.331 e.